The Bertz CT molecular complexity index is 830. The first kappa shape index (κ1) is 22.5. The molecule has 3 nitrogen and oxygen atoms in total. The third kappa shape index (κ3) is 3.64. The van der Waals surface area contributed by atoms with E-state index in [9.17, 15) is 10.2 Å². The Morgan fingerprint density at radius 2 is 1.97 bits per heavy atom. The number of aromatic hydroxyl groups is 1. The smallest absolute Gasteiger partial charge is 0.115 e. The minimum Gasteiger partial charge on any atom is -0.508 e. The number of aryl methyl sites for hydroxylation is 1. The van der Waals surface area contributed by atoms with Gasteiger partial charge in [-0.15, -0.1) is 6.58 Å². The molecule has 0 amide bonds. The lowest BCUT2D eigenvalue weighted by atomic mass is 9.44. The number of phenols is 1. The summed E-state index contributed by atoms with van der Waals surface area (Å²) in [6.45, 7) is 10.7. The number of rotatable bonds is 7. The second-order valence-corrected chi connectivity index (χ2v) is 11.7. The fourth-order valence-electron chi connectivity index (χ4n) is 8.62. The molecule has 6 atom stereocenters. The maximum atomic E-state index is 11.1. The molecule has 3 aliphatic carbocycles. The van der Waals surface area contributed by atoms with Crippen LogP contribution in [0, 0.1) is 22.7 Å². The molecule has 2 saturated carbocycles. The van der Waals surface area contributed by atoms with Gasteiger partial charge in [0.15, 0.2) is 0 Å². The summed E-state index contributed by atoms with van der Waals surface area (Å²) >= 11 is 0. The van der Waals surface area contributed by atoms with Gasteiger partial charge in [-0.1, -0.05) is 31.9 Å². The average molecular weight is 438 g/mol. The second kappa shape index (κ2) is 8.80. The zero-order valence-electron chi connectivity index (χ0n) is 20.1. The predicted molar refractivity (Wildman–Crippen MR) is 131 cm³/mol. The number of aliphatic hydroxyl groups excluding tert-OH is 1. The molecule has 1 heterocycles. The molecule has 1 aliphatic heterocycles. The van der Waals surface area contributed by atoms with E-state index in [1.54, 1.807) is 0 Å². The van der Waals surface area contributed by atoms with Crippen LogP contribution in [0.3, 0.4) is 0 Å². The van der Waals surface area contributed by atoms with Crippen LogP contribution in [0.4, 0.5) is 0 Å². The molecule has 0 bridgehead atoms. The lowest BCUT2D eigenvalue weighted by Crippen LogP contribution is -2.54. The van der Waals surface area contributed by atoms with Crippen LogP contribution in [-0.4, -0.2) is 40.9 Å². The summed E-state index contributed by atoms with van der Waals surface area (Å²) in [6, 6.07) is 6.11. The summed E-state index contributed by atoms with van der Waals surface area (Å²) in [7, 11) is 0. The highest BCUT2D eigenvalue weighted by Gasteiger charge is 2.63. The van der Waals surface area contributed by atoms with E-state index in [-0.39, 0.29) is 16.9 Å². The normalized spacial score (nSPS) is 38.8. The van der Waals surface area contributed by atoms with Gasteiger partial charge in [-0.05, 0) is 129 Å². The van der Waals surface area contributed by atoms with Gasteiger partial charge >= 0.3 is 0 Å². The van der Waals surface area contributed by atoms with E-state index in [1.165, 1.54) is 69.3 Å². The molecule has 0 radical (unpaired) electrons. The van der Waals surface area contributed by atoms with Crippen molar-refractivity contribution in [2.45, 2.75) is 89.6 Å². The van der Waals surface area contributed by atoms with Crippen LogP contribution in [0.1, 0.15) is 88.2 Å². The molecule has 1 aromatic rings. The van der Waals surface area contributed by atoms with Crippen molar-refractivity contribution in [3.8, 4) is 5.75 Å². The molecule has 1 aromatic carbocycles. The number of hydrogen-bond donors (Lipinski definition) is 2. The highest BCUT2D eigenvalue weighted by molar-refractivity contribution is 5.43. The highest BCUT2D eigenvalue weighted by atomic mass is 16.3. The van der Waals surface area contributed by atoms with Crippen LogP contribution in [0.25, 0.3) is 0 Å². The first-order valence-electron chi connectivity index (χ1n) is 13.3. The van der Waals surface area contributed by atoms with Gasteiger partial charge in [0.2, 0.25) is 0 Å². The van der Waals surface area contributed by atoms with Crippen LogP contribution in [0.2, 0.25) is 0 Å². The summed E-state index contributed by atoms with van der Waals surface area (Å²) in [5, 5.41) is 21.2. The van der Waals surface area contributed by atoms with Crippen LogP contribution in [0.5, 0.6) is 5.75 Å². The number of hydrogen-bond acceptors (Lipinski definition) is 3. The van der Waals surface area contributed by atoms with E-state index < -0.39 is 0 Å². The fourth-order valence-corrected chi connectivity index (χ4v) is 8.62. The van der Waals surface area contributed by atoms with Crippen LogP contribution in [-0.2, 0) is 6.42 Å². The number of nitrogens with zero attached hydrogens (tertiary/aromatic N) is 1. The maximum absolute atomic E-state index is 11.1. The quantitative estimate of drug-likeness (QED) is 0.403. The van der Waals surface area contributed by atoms with Crippen LogP contribution < -0.4 is 0 Å². The number of aliphatic hydroxyl groups is 1. The van der Waals surface area contributed by atoms with Gasteiger partial charge in [0.25, 0.3) is 0 Å². The van der Waals surface area contributed by atoms with Crippen molar-refractivity contribution in [1.29, 1.82) is 0 Å². The Hall–Kier alpha value is -1.32. The van der Waals surface area contributed by atoms with E-state index >= 15 is 0 Å². The summed E-state index contributed by atoms with van der Waals surface area (Å²) < 4.78 is 0. The van der Waals surface area contributed by atoms with E-state index in [2.05, 4.69) is 30.5 Å². The summed E-state index contributed by atoms with van der Waals surface area (Å²) in [5.74, 6) is 1.97. The molecule has 176 valence electrons. The molecule has 1 saturated heterocycles. The molecule has 2 unspecified atom stereocenters. The molecule has 32 heavy (non-hydrogen) atoms. The van der Waals surface area contributed by atoms with Gasteiger partial charge in [0.1, 0.15) is 5.75 Å². The number of unbranched alkanes of at least 4 members (excludes halogenated alkanes) is 2. The van der Waals surface area contributed by atoms with Crippen molar-refractivity contribution >= 4 is 0 Å². The van der Waals surface area contributed by atoms with Crippen LogP contribution in [0.15, 0.2) is 30.9 Å². The van der Waals surface area contributed by atoms with Gasteiger partial charge in [-0.2, -0.15) is 0 Å². The van der Waals surface area contributed by atoms with Gasteiger partial charge in [0, 0.05) is 0 Å². The van der Waals surface area contributed by atoms with Crippen molar-refractivity contribution < 1.29 is 10.2 Å². The van der Waals surface area contributed by atoms with Crippen molar-refractivity contribution in [3.05, 3.63) is 42.0 Å². The van der Waals surface area contributed by atoms with Gasteiger partial charge in [0.05, 0.1) is 6.10 Å². The maximum Gasteiger partial charge on any atom is 0.115 e. The molecule has 3 fully saturated rings. The van der Waals surface area contributed by atoms with E-state index in [0.29, 0.717) is 23.5 Å². The lowest BCUT2D eigenvalue weighted by Gasteiger charge is -2.60. The van der Waals surface area contributed by atoms with E-state index in [1.807, 2.05) is 12.1 Å². The summed E-state index contributed by atoms with van der Waals surface area (Å²) in [4.78, 5) is 2.63. The number of fused-ring (bicyclic) bond motifs is 5. The van der Waals surface area contributed by atoms with Gasteiger partial charge < -0.3 is 15.1 Å². The first-order chi connectivity index (χ1) is 15.5. The molecular formula is C29H43NO2. The monoisotopic (exact) mass is 437 g/mol. The molecule has 0 aromatic heterocycles. The topological polar surface area (TPSA) is 43.7 Å². The minimum atomic E-state index is -0.177. The zero-order valence-corrected chi connectivity index (χ0v) is 20.1. The van der Waals surface area contributed by atoms with Crippen molar-refractivity contribution in [3.63, 3.8) is 0 Å². The number of phenolic OH excluding ortho intramolecular Hbond substituents is 1. The minimum absolute atomic E-state index is 0.0132. The van der Waals surface area contributed by atoms with Gasteiger partial charge in [-0.3, -0.25) is 0 Å². The summed E-state index contributed by atoms with van der Waals surface area (Å²) in [6.07, 6.45) is 15.3. The Morgan fingerprint density at radius 1 is 1.16 bits per heavy atom. The molecule has 2 N–H and O–H groups in total. The van der Waals surface area contributed by atoms with Crippen LogP contribution >= 0.6 is 0 Å². The number of benzene rings is 1. The lowest BCUT2D eigenvalue weighted by molar-refractivity contribution is -0.0812. The van der Waals surface area contributed by atoms with E-state index in [0.717, 1.165) is 32.1 Å². The molecule has 4 aliphatic rings. The molecule has 5 rings (SSSR count). The predicted octanol–water partition coefficient (Wildman–Crippen LogP) is 6.05. The second-order valence-electron chi connectivity index (χ2n) is 11.7. The summed E-state index contributed by atoms with van der Waals surface area (Å²) in [5.41, 5.74) is 2.89. The Kier molecular flexibility index (Phi) is 6.18. The SMILES string of the molecule is C=C[C@@]12CCc3cc(O)ccc3C1[C@@H](CCCCCN1CCCC1)C[C@@]1(C)C2CC[C@@H]1O. The molecular weight excluding hydrogens is 394 g/mol. The zero-order chi connectivity index (χ0) is 22.3. The molecule has 0 spiro atoms. The third-order valence-corrected chi connectivity index (χ3v) is 10.1. The fraction of sp³-hybridized carbons (Fsp3) is 0.724. The number of allylic oxidation sites excluding steroid dienone is 1. The molecule has 3 heteroatoms. The third-order valence-electron chi connectivity index (χ3n) is 10.1. The van der Waals surface area contributed by atoms with E-state index in [4.69, 9.17) is 0 Å². The largest absolute Gasteiger partial charge is 0.508 e. The first-order valence-corrected chi connectivity index (χ1v) is 13.3. The highest BCUT2D eigenvalue weighted by Crippen LogP contribution is 2.69. The Labute approximate surface area is 194 Å². The Balaban J connectivity index is 1.39. The van der Waals surface area contributed by atoms with Crippen molar-refractivity contribution in [2.75, 3.05) is 19.6 Å². The number of likely N-dealkylation sites (tertiary alicyclic amines) is 1. The Morgan fingerprint density at radius 3 is 2.75 bits per heavy atom. The van der Waals surface area contributed by atoms with Crippen molar-refractivity contribution in [2.24, 2.45) is 22.7 Å². The van der Waals surface area contributed by atoms with Gasteiger partial charge in [-0.25, -0.2) is 0 Å². The van der Waals surface area contributed by atoms with Crippen molar-refractivity contribution in [1.82, 2.24) is 4.90 Å². The average Bonchev–Trinajstić information content (AvgIpc) is 3.41. The standard InChI is InChI=1S/C29H43NO2/c1-3-29-15-14-21-19-23(31)10-11-24(21)27(29)22(20-28(2)25(29)12-13-26(28)32)9-5-4-6-16-30-17-7-8-18-30/h3,10-11,19,22,25-27,31-32H,1,4-9,12-18,20H2,2H3/t22-,25?,26-,27?,28-,29-/m0/s1.